The molecule has 4 nitrogen and oxygen atoms in total. The van der Waals surface area contributed by atoms with E-state index in [9.17, 15) is 4.79 Å². The summed E-state index contributed by atoms with van der Waals surface area (Å²) in [6.07, 6.45) is 0. The van der Waals surface area contributed by atoms with Crippen LogP contribution in [0.5, 0.6) is 0 Å². The van der Waals surface area contributed by atoms with Crippen LogP contribution < -0.4 is 11.1 Å². The van der Waals surface area contributed by atoms with Crippen molar-refractivity contribution < 1.29 is 9.90 Å². The van der Waals surface area contributed by atoms with E-state index in [0.717, 1.165) is 0 Å². The van der Waals surface area contributed by atoms with Gasteiger partial charge in [0, 0.05) is 12.6 Å². The molecule has 10 heavy (non-hydrogen) atoms. The lowest BCUT2D eigenvalue weighted by Gasteiger charge is -2.10. The number of hydrogen-bond acceptors (Lipinski definition) is 3. The maximum Gasteiger partial charge on any atom is 0.321 e. The van der Waals surface area contributed by atoms with Gasteiger partial charge in [-0.3, -0.25) is 4.79 Å². The van der Waals surface area contributed by atoms with Gasteiger partial charge in [-0.2, -0.15) is 0 Å². The summed E-state index contributed by atoms with van der Waals surface area (Å²) < 4.78 is 0. The fourth-order valence-electron chi connectivity index (χ4n) is 0.450. The largest absolute Gasteiger partial charge is 0.480 e. The van der Waals surface area contributed by atoms with Gasteiger partial charge in [0.1, 0.15) is 6.04 Å². The minimum Gasteiger partial charge on any atom is -0.480 e. The highest BCUT2D eigenvalue weighted by atomic mass is 16.4. The normalized spacial score (nSPS) is 13.6. The highest BCUT2D eigenvalue weighted by Crippen LogP contribution is 1.79. The zero-order valence-electron chi connectivity index (χ0n) is 6.29. The van der Waals surface area contributed by atoms with Crippen molar-refractivity contribution in [3.8, 4) is 0 Å². The first-order chi connectivity index (χ1) is 4.54. The van der Waals surface area contributed by atoms with Crippen LogP contribution in [0.1, 0.15) is 13.8 Å². The van der Waals surface area contributed by atoms with E-state index in [1.165, 1.54) is 0 Å². The number of aliphatic carboxylic acids is 1. The van der Waals surface area contributed by atoms with Crippen LogP contribution in [0.3, 0.4) is 0 Å². The smallest absolute Gasteiger partial charge is 0.321 e. The first-order valence-electron chi connectivity index (χ1n) is 3.25. The van der Waals surface area contributed by atoms with Crippen LogP contribution in [0.2, 0.25) is 0 Å². The third-order valence-corrected chi connectivity index (χ3v) is 1.06. The van der Waals surface area contributed by atoms with E-state index in [0.29, 0.717) is 6.54 Å². The van der Waals surface area contributed by atoms with E-state index in [4.69, 9.17) is 10.8 Å². The summed E-state index contributed by atoms with van der Waals surface area (Å²) in [5, 5.41) is 11.3. The second kappa shape index (κ2) is 4.24. The maximum atomic E-state index is 10.1. The number of rotatable bonds is 4. The van der Waals surface area contributed by atoms with Crippen molar-refractivity contribution in [2.24, 2.45) is 5.73 Å². The monoisotopic (exact) mass is 146 g/mol. The van der Waals surface area contributed by atoms with E-state index >= 15 is 0 Å². The van der Waals surface area contributed by atoms with Gasteiger partial charge in [0.05, 0.1) is 0 Å². The molecule has 0 spiro atoms. The van der Waals surface area contributed by atoms with Crippen LogP contribution in [0.4, 0.5) is 0 Å². The van der Waals surface area contributed by atoms with Crippen LogP contribution in [0, 0.1) is 0 Å². The van der Waals surface area contributed by atoms with Gasteiger partial charge >= 0.3 is 5.97 Å². The fourth-order valence-corrected chi connectivity index (χ4v) is 0.450. The van der Waals surface area contributed by atoms with Crippen molar-refractivity contribution in [1.82, 2.24) is 5.32 Å². The lowest BCUT2D eigenvalue weighted by molar-refractivity contribution is -0.138. The molecule has 1 unspecified atom stereocenters. The number of carboxylic acids is 1. The van der Waals surface area contributed by atoms with E-state index in [2.05, 4.69) is 5.32 Å². The fraction of sp³-hybridized carbons (Fsp3) is 0.833. The van der Waals surface area contributed by atoms with Crippen molar-refractivity contribution in [2.75, 3.05) is 6.54 Å². The van der Waals surface area contributed by atoms with E-state index < -0.39 is 12.0 Å². The van der Waals surface area contributed by atoms with Crippen LogP contribution in [0.25, 0.3) is 0 Å². The topological polar surface area (TPSA) is 75.3 Å². The van der Waals surface area contributed by atoms with Gasteiger partial charge in [0.15, 0.2) is 0 Å². The Bertz CT molecular complexity index is 114. The Morgan fingerprint density at radius 1 is 1.70 bits per heavy atom. The van der Waals surface area contributed by atoms with Gasteiger partial charge in [-0.05, 0) is 0 Å². The highest BCUT2D eigenvalue weighted by molar-refractivity contribution is 5.73. The average Bonchev–Trinajstić information content (AvgIpc) is 1.82. The van der Waals surface area contributed by atoms with Crippen LogP contribution in [-0.4, -0.2) is 29.7 Å². The molecule has 0 bridgehead atoms. The Morgan fingerprint density at radius 2 is 2.20 bits per heavy atom. The molecule has 0 rings (SSSR count). The molecule has 0 aromatic heterocycles. The molecule has 4 heteroatoms. The molecule has 1 atom stereocenters. The molecule has 0 heterocycles. The maximum absolute atomic E-state index is 10.1. The zero-order chi connectivity index (χ0) is 8.15. The number of nitrogens with one attached hydrogen (secondary N) is 1. The van der Waals surface area contributed by atoms with Crippen molar-refractivity contribution in [2.45, 2.75) is 25.9 Å². The first-order valence-corrected chi connectivity index (χ1v) is 3.25. The Morgan fingerprint density at radius 3 is 2.50 bits per heavy atom. The number of hydrogen-bond donors (Lipinski definition) is 3. The summed E-state index contributed by atoms with van der Waals surface area (Å²) in [4.78, 5) is 10.1. The molecular weight excluding hydrogens is 132 g/mol. The third kappa shape index (κ3) is 4.29. The zero-order valence-corrected chi connectivity index (χ0v) is 6.29. The Balaban J connectivity index is 3.40. The van der Waals surface area contributed by atoms with Crippen molar-refractivity contribution >= 4 is 5.97 Å². The number of carboxylic acid groups (broad SMARTS) is 1. The van der Waals surface area contributed by atoms with Gasteiger partial charge in [0.2, 0.25) is 0 Å². The third-order valence-electron chi connectivity index (χ3n) is 1.06. The molecule has 0 fully saturated rings. The molecular formula is C6H14N2O2. The quantitative estimate of drug-likeness (QED) is 0.495. The number of nitrogens with two attached hydrogens (primary N) is 1. The molecule has 0 radical (unpaired) electrons. The van der Waals surface area contributed by atoms with Gasteiger partial charge in [-0.15, -0.1) is 0 Å². The lowest BCUT2D eigenvalue weighted by Crippen LogP contribution is -2.42. The Kier molecular flexibility index (Phi) is 3.99. The van der Waals surface area contributed by atoms with Gasteiger partial charge < -0.3 is 16.2 Å². The summed E-state index contributed by atoms with van der Waals surface area (Å²) in [7, 11) is 0. The predicted octanol–water partition coefficient (Wildman–Crippen LogP) is -0.604. The average molecular weight is 146 g/mol. The Hall–Kier alpha value is -0.610. The SMILES string of the molecule is CC(C)NCC(N)C(=O)O. The summed E-state index contributed by atoms with van der Waals surface area (Å²) >= 11 is 0. The predicted molar refractivity (Wildman–Crippen MR) is 38.7 cm³/mol. The standard InChI is InChI=1S/C6H14N2O2/c1-4(2)8-3-5(7)6(9)10/h4-5,8H,3,7H2,1-2H3,(H,9,10). The van der Waals surface area contributed by atoms with Gasteiger partial charge in [-0.25, -0.2) is 0 Å². The number of carbonyl (C=O) groups is 1. The molecule has 0 aromatic rings. The molecule has 4 N–H and O–H groups in total. The molecule has 0 aliphatic heterocycles. The molecule has 0 aliphatic rings. The molecule has 0 aromatic carbocycles. The van der Waals surface area contributed by atoms with Crippen LogP contribution >= 0.6 is 0 Å². The first kappa shape index (κ1) is 9.39. The van der Waals surface area contributed by atoms with Gasteiger partial charge in [0.25, 0.3) is 0 Å². The molecule has 0 saturated carbocycles. The van der Waals surface area contributed by atoms with Crippen molar-refractivity contribution in [3.63, 3.8) is 0 Å². The second-order valence-corrected chi connectivity index (χ2v) is 2.51. The minimum atomic E-state index is -0.965. The van der Waals surface area contributed by atoms with Gasteiger partial charge in [-0.1, -0.05) is 13.8 Å². The molecule has 0 amide bonds. The Labute approximate surface area is 60.4 Å². The van der Waals surface area contributed by atoms with E-state index in [1.807, 2.05) is 13.8 Å². The molecule has 60 valence electrons. The molecule has 0 saturated heterocycles. The summed E-state index contributed by atoms with van der Waals surface area (Å²) in [6.45, 7) is 4.20. The highest BCUT2D eigenvalue weighted by Gasteiger charge is 2.10. The van der Waals surface area contributed by atoms with Crippen molar-refractivity contribution in [3.05, 3.63) is 0 Å². The second-order valence-electron chi connectivity index (χ2n) is 2.51. The minimum absolute atomic E-state index is 0.283. The van der Waals surface area contributed by atoms with Crippen LogP contribution in [0.15, 0.2) is 0 Å². The lowest BCUT2D eigenvalue weighted by atomic mass is 10.3. The van der Waals surface area contributed by atoms with E-state index in [1.54, 1.807) is 0 Å². The summed E-state index contributed by atoms with van der Waals surface area (Å²) in [6, 6.07) is -0.507. The van der Waals surface area contributed by atoms with Crippen LogP contribution in [-0.2, 0) is 4.79 Å². The molecule has 0 aliphatic carbocycles. The summed E-state index contributed by atoms with van der Waals surface area (Å²) in [5.41, 5.74) is 5.20. The van der Waals surface area contributed by atoms with E-state index in [-0.39, 0.29) is 6.04 Å². The van der Waals surface area contributed by atoms with Crippen molar-refractivity contribution in [1.29, 1.82) is 0 Å². The summed E-state index contributed by atoms with van der Waals surface area (Å²) in [5.74, 6) is -0.965.